The predicted octanol–water partition coefficient (Wildman–Crippen LogP) is 2.03. The van der Waals surface area contributed by atoms with E-state index in [-0.39, 0.29) is 18.0 Å². The van der Waals surface area contributed by atoms with Gasteiger partial charge in [0.05, 0.1) is 25.3 Å². The van der Waals surface area contributed by atoms with Gasteiger partial charge in [0.1, 0.15) is 11.9 Å². The van der Waals surface area contributed by atoms with Crippen LogP contribution in [-0.2, 0) is 9.53 Å². The maximum absolute atomic E-state index is 11.8. The summed E-state index contributed by atoms with van der Waals surface area (Å²) in [4.78, 5) is 11.8. The van der Waals surface area contributed by atoms with E-state index in [0.717, 1.165) is 24.3 Å². The summed E-state index contributed by atoms with van der Waals surface area (Å²) >= 11 is 0. The number of rotatable bonds is 4. The summed E-state index contributed by atoms with van der Waals surface area (Å²) in [6.07, 6.45) is 2.93. The molecule has 5 nitrogen and oxygen atoms in total. The van der Waals surface area contributed by atoms with Gasteiger partial charge in [0.25, 0.3) is 0 Å². The highest BCUT2D eigenvalue weighted by Gasteiger charge is 2.39. The zero-order valence-corrected chi connectivity index (χ0v) is 11.6. The second-order valence-electron chi connectivity index (χ2n) is 5.58. The van der Waals surface area contributed by atoms with Crippen LogP contribution in [0.15, 0.2) is 18.2 Å². The van der Waals surface area contributed by atoms with E-state index in [1.807, 2.05) is 18.2 Å². The lowest BCUT2D eigenvalue weighted by Gasteiger charge is -2.29. The molecule has 1 aliphatic heterocycles. The molecule has 1 aromatic carbocycles. The average molecular weight is 276 g/mol. The number of benzene rings is 1. The van der Waals surface area contributed by atoms with E-state index >= 15 is 0 Å². The molecule has 0 aromatic heterocycles. The third-order valence-corrected chi connectivity index (χ3v) is 4.03. The molecule has 1 aliphatic carbocycles. The lowest BCUT2D eigenvalue weighted by atomic mass is 9.95. The first-order chi connectivity index (χ1) is 9.67. The summed E-state index contributed by atoms with van der Waals surface area (Å²) in [5.41, 5.74) is 7.38. The maximum atomic E-state index is 11.8. The van der Waals surface area contributed by atoms with Crippen LogP contribution in [0.5, 0.6) is 5.75 Å². The van der Waals surface area contributed by atoms with Gasteiger partial charge in [0.2, 0.25) is 0 Å². The number of nitrogen functional groups attached to an aromatic ring is 1. The van der Waals surface area contributed by atoms with Crippen LogP contribution in [0, 0.1) is 11.8 Å². The van der Waals surface area contributed by atoms with Crippen LogP contribution in [0.4, 0.5) is 11.4 Å². The van der Waals surface area contributed by atoms with Gasteiger partial charge in [0, 0.05) is 5.69 Å². The van der Waals surface area contributed by atoms with Gasteiger partial charge in [-0.05, 0) is 43.4 Å². The van der Waals surface area contributed by atoms with Gasteiger partial charge < -0.3 is 20.5 Å². The zero-order chi connectivity index (χ0) is 14.1. The van der Waals surface area contributed by atoms with E-state index in [9.17, 15) is 4.79 Å². The van der Waals surface area contributed by atoms with Crippen LogP contribution in [0.3, 0.4) is 0 Å². The minimum Gasteiger partial charge on any atom is -0.486 e. The largest absolute Gasteiger partial charge is 0.486 e. The number of hydrogen-bond acceptors (Lipinski definition) is 5. The van der Waals surface area contributed by atoms with Crippen LogP contribution < -0.4 is 15.8 Å². The maximum Gasteiger partial charge on any atom is 0.309 e. The smallest absolute Gasteiger partial charge is 0.309 e. The molecule has 108 valence electrons. The van der Waals surface area contributed by atoms with Crippen molar-refractivity contribution >= 4 is 17.3 Å². The fraction of sp³-hybridized carbons (Fsp3) is 0.533. The average Bonchev–Trinajstić information content (AvgIpc) is 3.28. The van der Waals surface area contributed by atoms with Crippen molar-refractivity contribution in [1.82, 2.24) is 0 Å². The molecule has 1 aromatic rings. The molecule has 0 saturated heterocycles. The highest BCUT2D eigenvalue weighted by atomic mass is 16.5. The normalized spacial score (nSPS) is 22.1. The Kier molecular flexibility index (Phi) is 3.42. The third kappa shape index (κ3) is 2.66. The van der Waals surface area contributed by atoms with Gasteiger partial charge in [-0.15, -0.1) is 0 Å². The second-order valence-corrected chi connectivity index (χ2v) is 5.58. The number of carbonyl (C=O) groups excluding carboxylic acids is 1. The number of esters is 1. The third-order valence-electron chi connectivity index (χ3n) is 4.03. The minimum atomic E-state index is -0.112. The molecule has 3 rings (SSSR count). The number of hydrogen-bond donors (Lipinski definition) is 2. The van der Waals surface area contributed by atoms with Crippen LogP contribution >= 0.6 is 0 Å². The van der Waals surface area contributed by atoms with Gasteiger partial charge in [0.15, 0.2) is 0 Å². The number of methoxy groups -OCH3 is 1. The predicted molar refractivity (Wildman–Crippen MR) is 76.6 cm³/mol. The number of anilines is 2. The Balaban J connectivity index is 1.67. The topological polar surface area (TPSA) is 73.6 Å². The Bertz CT molecular complexity index is 514. The second kappa shape index (κ2) is 5.23. The van der Waals surface area contributed by atoms with E-state index in [0.29, 0.717) is 24.6 Å². The van der Waals surface area contributed by atoms with E-state index in [4.69, 9.17) is 15.2 Å². The molecule has 2 aliphatic rings. The van der Waals surface area contributed by atoms with E-state index in [1.54, 1.807) is 0 Å². The first-order valence-electron chi connectivity index (χ1n) is 7.05. The molecule has 1 fully saturated rings. The molecular weight excluding hydrogens is 256 g/mol. The van der Waals surface area contributed by atoms with Gasteiger partial charge in [-0.1, -0.05) is 0 Å². The van der Waals surface area contributed by atoms with Gasteiger partial charge >= 0.3 is 5.97 Å². The Morgan fingerprint density at radius 3 is 3.05 bits per heavy atom. The molecule has 0 radical (unpaired) electrons. The van der Waals surface area contributed by atoms with E-state index in [2.05, 4.69) is 5.32 Å². The minimum absolute atomic E-state index is 0.00387. The van der Waals surface area contributed by atoms with E-state index < -0.39 is 0 Å². The summed E-state index contributed by atoms with van der Waals surface area (Å²) < 4.78 is 10.9. The number of ether oxygens (including phenoxy) is 2. The Morgan fingerprint density at radius 2 is 2.35 bits per heavy atom. The van der Waals surface area contributed by atoms with Crippen molar-refractivity contribution in [3.63, 3.8) is 0 Å². The molecule has 1 saturated carbocycles. The van der Waals surface area contributed by atoms with Crippen molar-refractivity contribution in [3.8, 4) is 5.75 Å². The SMILES string of the molecule is COC(=O)C(C[C@H]1CNc2cc(N)ccc2O1)C1CC1. The standard InChI is InChI=1S/C15H20N2O3/c1-19-15(18)12(9-2-3-9)7-11-8-17-13-6-10(16)4-5-14(13)20-11/h4-6,9,11-12,17H,2-3,7-8,16H2,1H3/t11-,12?/m0/s1. The zero-order valence-electron chi connectivity index (χ0n) is 11.6. The van der Waals surface area contributed by atoms with Gasteiger partial charge in [-0.25, -0.2) is 0 Å². The summed E-state index contributed by atoms with van der Waals surface area (Å²) in [6.45, 7) is 0.691. The first-order valence-corrected chi connectivity index (χ1v) is 7.05. The summed E-state index contributed by atoms with van der Waals surface area (Å²) in [5, 5.41) is 3.32. The Morgan fingerprint density at radius 1 is 1.55 bits per heavy atom. The quantitative estimate of drug-likeness (QED) is 0.650. The Labute approximate surface area is 118 Å². The van der Waals surface area contributed by atoms with Gasteiger partial charge in [-0.3, -0.25) is 4.79 Å². The van der Waals surface area contributed by atoms with Gasteiger partial charge in [-0.2, -0.15) is 0 Å². The summed E-state index contributed by atoms with van der Waals surface area (Å²) in [7, 11) is 1.45. The highest BCUT2D eigenvalue weighted by Crippen LogP contribution is 2.41. The van der Waals surface area contributed by atoms with Crippen LogP contribution in [0.2, 0.25) is 0 Å². The van der Waals surface area contributed by atoms with Crippen molar-refractivity contribution in [3.05, 3.63) is 18.2 Å². The fourth-order valence-electron chi connectivity index (χ4n) is 2.78. The first kappa shape index (κ1) is 13.1. The molecule has 3 N–H and O–H groups in total. The molecule has 0 bridgehead atoms. The van der Waals surface area contributed by atoms with Crippen LogP contribution in [0.25, 0.3) is 0 Å². The monoisotopic (exact) mass is 276 g/mol. The van der Waals surface area contributed by atoms with Crippen molar-refractivity contribution in [2.75, 3.05) is 24.7 Å². The number of nitrogens with one attached hydrogen (secondary N) is 1. The number of fused-ring (bicyclic) bond motifs is 1. The van der Waals surface area contributed by atoms with Crippen LogP contribution in [0.1, 0.15) is 19.3 Å². The lowest BCUT2D eigenvalue weighted by molar-refractivity contribution is -0.147. The molecule has 0 spiro atoms. The molecule has 20 heavy (non-hydrogen) atoms. The molecule has 1 heterocycles. The highest BCUT2D eigenvalue weighted by molar-refractivity contribution is 5.73. The molecule has 1 unspecified atom stereocenters. The molecule has 0 amide bonds. The van der Waals surface area contributed by atoms with Crippen molar-refractivity contribution < 1.29 is 14.3 Å². The van der Waals surface area contributed by atoms with Crippen molar-refractivity contribution in [2.45, 2.75) is 25.4 Å². The Hall–Kier alpha value is -1.91. The van der Waals surface area contributed by atoms with Crippen molar-refractivity contribution in [1.29, 1.82) is 0 Å². The molecular formula is C15H20N2O3. The summed E-state index contributed by atoms with van der Waals surface area (Å²) in [5.74, 6) is 1.12. The van der Waals surface area contributed by atoms with E-state index in [1.165, 1.54) is 7.11 Å². The number of carbonyl (C=O) groups is 1. The summed E-state index contributed by atoms with van der Waals surface area (Å²) in [6, 6.07) is 5.56. The van der Waals surface area contributed by atoms with Crippen molar-refractivity contribution in [2.24, 2.45) is 11.8 Å². The fourth-order valence-corrected chi connectivity index (χ4v) is 2.78. The number of nitrogens with two attached hydrogens (primary N) is 1. The molecule has 2 atom stereocenters. The molecule has 5 heteroatoms. The lowest BCUT2D eigenvalue weighted by Crippen LogP contribution is -2.35. The van der Waals surface area contributed by atoms with Crippen LogP contribution in [-0.4, -0.2) is 25.7 Å².